The molecular formula is C13H23O2P. The standard InChI is InChI=1S/C9H11O2P.2C2H6/c1-12(2,11)9(10)8-6-4-3-5-7-8;2*1-2/h3-7H,1-2H3;2*1-2H3. The van der Waals surface area contributed by atoms with Gasteiger partial charge in [-0.3, -0.25) is 4.79 Å². The molecule has 0 unspecified atom stereocenters. The van der Waals surface area contributed by atoms with E-state index in [1.54, 1.807) is 24.3 Å². The molecule has 0 aliphatic rings. The van der Waals surface area contributed by atoms with Crippen LogP contribution in [0.15, 0.2) is 30.3 Å². The highest BCUT2D eigenvalue weighted by Gasteiger charge is 2.20. The van der Waals surface area contributed by atoms with Crippen molar-refractivity contribution >= 4 is 12.7 Å². The van der Waals surface area contributed by atoms with Gasteiger partial charge in [0.05, 0.1) is 0 Å². The van der Waals surface area contributed by atoms with Crippen molar-refractivity contribution in [2.24, 2.45) is 0 Å². The number of rotatable bonds is 2. The summed E-state index contributed by atoms with van der Waals surface area (Å²) in [5.74, 6) is 0. The van der Waals surface area contributed by atoms with Crippen LogP contribution < -0.4 is 0 Å². The fourth-order valence-electron chi connectivity index (χ4n) is 0.892. The first-order valence-electron chi connectivity index (χ1n) is 5.67. The Morgan fingerprint density at radius 1 is 0.938 bits per heavy atom. The lowest BCUT2D eigenvalue weighted by atomic mass is 10.2. The van der Waals surface area contributed by atoms with E-state index in [0.29, 0.717) is 5.56 Å². The number of carbonyl (C=O) groups is 1. The fraction of sp³-hybridized carbons (Fsp3) is 0.462. The monoisotopic (exact) mass is 242 g/mol. The first-order chi connectivity index (χ1) is 7.52. The molecule has 0 saturated heterocycles. The molecule has 0 aliphatic heterocycles. The van der Waals surface area contributed by atoms with Gasteiger partial charge in [0, 0.05) is 5.56 Å². The zero-order valence-electron chi connectivity index (χ0n) is 11.2. The van der Waals surface area contributed by atoms with Crippen molar-refractivity contribution in [3.63, 3.8) is 0 Å². The molecule has 1 rings (SSSR count). The van der Waals surface area contributed by atoms with Crippen LogP contribution in [0.1, 0.15) is 38.1 Å². The quantitative estimate of drug-likeness (QED) is 0.715. The first kappa shape index (κ1) is 17.5. The van der Waals surface area contributed by atoms with Gasteiger partial charge in [0.1, 0.15) is 7.14 Å². The molecular weight excluding hydrogens is 219 g/mol. The Kier molecular flexibility index (Phi) is 10.2. The Labute approximate surface area is 99.4 Å². The Bertz CT molecular complexity index is 325. The largest absolute Gasteiger partial charge is 0.316 e. The molecule has 0 spiro atoms. The SMILES string of the molecule is CC.CC.CP(C)(=O)C(=O)c1ccccc1. The molecule has 0 saturated carbocycles. The molecule has 1 aromatic carbocycles. The lowest BCUT2D eigenvalue weighted by Gasteiger charge is -2.03. The molecule has 0 atom stereocenters. The smallest absolute Gasteiger partial charge is 0.220 e. The second-order valence-electron chi connectivity index (χ2n) is 3.02. The van der Waals surface area contributed by atoms with Crippen molar-refractivity contribution in [3.8, 4) is 0 Å². The van der Waals surface area contributed by atoms with Gasteiger partial charge in [0.15, 0.2) is 0 Å². The van der Waals surface area contributed by atoms with E-state index in [0.717, 1.165) is 0 Å². The third-order valence-electron chi connectivity index (χ3n) is 1.51. The Morgan fingerprint density at radius 2 is 1.31 bits per heavy atom. The van der Waals surface area contributed by atoms with Crippen molar-refractivity contribution in [2.75, 3.05) is 13.3 Å². The minimum Gasteiger partial charge on any atom is -0.316 e. The van der Waals surface area contributed by atoms with E-state index in [1.165, 1.54) is 13.3 Å². The van der Waals surface area contributed by atoms with Crippen molar-refractivity contribution < 1.29 is 9.36 Å². The van der Waals surface area contributed by atoms with Crippen molar-refractivity contribution in [1.29, 1.82) is 0 Å². The summed E-state index contributed by atoms with van der Waals surface area (Å²) in [6, 6.07) is 8.72. The normalized spacial score (nSPS) is 9.12. The van der Waals surface area contributed by atoms with E-state index in [4.69, 9.17) is 0 Å². The molecule has 3 heteroatoms. The number of hydrogen-bond donors (Lipinski definition) is 0. The molecule has 0 N–H and O–H groups in total. The number of carbonyl (C=O) groups excluding carboxylic acids is 1. The summed E-state index contributed by atoms with van der Waals surface area (Å²) in [4.78, 5) is 11.4. The Balaban J connectivity index is 0. The molecule has 92 valence electrons. The average Bonchev–Trinajstić information content (AvgIpc) is 2.33. The van der Waals surface area contributed by atoms with Crippen LogP contribution in [0.5, 0.6) is 0 Å². The van der Waals surface area contributed by atoms with Gasteiger partial charge in [0.25, 0.3) is 0 Å². The lowest BCUT2D eigenvalue weighted by Crippen LogP contribution is -1.97. The van der Waals surface area contributed by atoms with Crippen LogP contribution in [0, 0.1) is 0 Å². The first-order valence-corrected chi connectivity index (χ1v) is 8.27. The third-order valence-corrected chi connectivity index (χ3v) is 2.75. The van der Waals surface area contributed by atoms with Crippen LogP contribution in [0.4, 0.5) is 0 Å². The van der Waals surface area contributed by atoms with Gasteiger partial charge in [-0.1, -0.05) is 58.0 Å². The highest BCUT2D eigenvalue weighted by Crippen LogP contribution is 2.39. The lowest BCUT2D eigenvalue weighted by molar-refractivity contribution is 0.107. The zero-order chi connectivity index (χ0) is 13.2. The van der Waals surface area contributed by atoms with E-state index >= 15 is 0 Å². The van der Waals surface area contributed by atoms with Gasteiger partial charge in [-0.15, -0.1) is 0 Å². The van der Waals surface area contributed by atoms with Gasteiger partial charge in [-0.05, 0) is 13.3 Å². The third kappa shape index (κ3) is 6.58. The molecule has 0 bridgehead atoms. The van der Waals surface area contributed by atoms with Gasteiger partial charge >= 0.3 is 0 Å². The van der Waals surface area contributed by atoms with Gasteiger partial charge < -0.3 is 4.57 Å². The van der Waals surface area contributed by atoms with E-state index in [-0.39, 0.29) is 5.52 Å². The van der Waals surface area contributed by atoms with Crippen LogP contribution in [-0.4, -0.2) is 18.9 Å². The fourth-order valence-corrected chi connectivity index (χ4v) is 1.66. The summed E-state index contributed by atoms with van der Waals surface area (Å²) in [6.45, 7) is 11.0. The number of benzene rings is 1. The molecule has 0 amide bonds. The minimum atomic E-state index is -2.62. The van der Waals surface area contributed by atoms with Crippen molar-refractivity contribution in [3.05, 3.63) is 35.9 Å². The molecule has 1 aromatic rings. The van der Waals surface area contributed by atoms with Crippen LogP contribution in [0.25, 0.3) is 0 Å². The molecule has 16 heavy (non-hydrogen) atoms. The van der Waals surface area contributed by atoms with Crippen molar-refractivity contribution in [2.45, 2.75) is 27.7 Å². The number of hydrogen-bond acceptors (Lipinski definition) is 2. The Hall–Kier alpha value is -0.880. The highest BCUT2D eigenvalue weighted by molar-refractivity contribution is 7.79. The van der Waals surface area contributed by atoms with Gasteiger partial charge in [-0.25, -0.2) is 0 Å². The summed E-state index contributed by atoms with van der Waals surface area (Å²) in [7, 11) is -2.62. The zero-order valence-corrected chi connectivity index (χ0v) is 12.0. The summed E-state index contributed by atoms with van der Waals surface area (Å²) in [5, 5.41) is 0. The Morgan fingerprint density at radius 3 is 1.62 bits per heavy atom. The molecule has 0 fully saturated rings. The van der Waals surface area contributed by atoms with Gasteiger partial charge in [0.2, 0.25) is 5.52 Å². The molecule has 0 aromatic heterocycles. The van der Waals surface area contributed by atoms with E-state index in [9.17, 15) is 9.36 Å². The predicted octanol–water partition coefficient (Wildman–Crippen LogP) is 4.50. The summed E-state index contributed by atoms with van der Waals surface area (Å²) in [6.07, 6.45) is 0. The summed E-state index contributed by atoms with van der Waals surface area (Å²) < 4.78 is 11.4. The molecule has 2 nitrogen and oxygen atoms in total. The van der Waals surface area contributed by atoms with E-state index in [1.807, 2.05) is 33.8 Å². The summed E-state index contributed by atoms with van der Waals surface area (Å²) >= 11 is 0. The van der Waals surface area contributed by atoms with Crippen molar-refractivity contribution in [1.82, 2.24) is 0 Å². The van der Waals surface area contributed by atoms with Gasteiger partial charge in [-0.2, -0.15) is 0 Å². The van der Waals surface area contributed by atoms with Crippen LogP contribution >= 0.6 is 7.14 Å². The maximum Gasteiger partial charge on any atom is 0.220 e. The maximum atomic E-state index is 11.4. The second-order valence-corrected chi connectivity index (χ2v) is 6.13. The van der Waals surface area contributed by atoms with Crippen LogP contribution in [0.2, 0.25) is 0 Å². The topological polar surface area (TPSA) is 34.1 Å². The molecule has 0 radical (unpaired) electrons. The molecule has 0 heterocycles. The maximum absolute atomic E-state index is 11.4. The second kappa shape index (κ2) is 9.35. The highest BCUT2D eigenvalue weighted by atomic mass is 31.2. The van der Waals surface area contributed by atoms with E-state index in [2.05, 4.69) is 0 Å². The minimum absolute atomic E-state index is 0.247. The van der Waals surface area contributed by atoms with Crippen LogP contribution in [-0.2, 0) is 4.57 Å². The summed E-state index contributed by atoms with van der Waals surface area (Å²) in [5.41, 5.74) is 0.286. The molecule has 0 aliphatic carbocycles. The van der Waals surface area contributed by atoms with E-state index < -0.39 is 7.14 Å². The predicted molar refractivity (Wildman–Crippen MR) is 72.9 cm³/mol. The average molecular weight is 242 g/mol. The van der Waals surface area contributed by atoms with Crippen LogP contribution in [0.3, 0.4) is 0 Å².